The molecule has 2 rings (SSSR count). The number of carboxylic acids is 1. The summed E-state index contributed by atoms with van der Waals surface area (Å²) < 4.78 is 0. The highest BCUT2D eigenvalue weighted by Gasteiger charge is 2.28. The molecule has 2 atom stereocenters. The summed E-state index contributed by atoms with van der Waals surface area (Å²) in [5.41, 5.74) is 2.57. The second-order valence-corrected chi connectivity index (χ2v) is 4.06. The lowest BCUT2D eigenvalue weighted by atomic mass is 9.98. The lowest BCUT2D eigenvalue weighted by Gasteiger charge is -2.07. The topological polar surface area (TPSA) is 37.3 Å². The predicted octanol–water partition coefficient (Wildman–Crippen LogP) is 2.75. The van der Waals surface area contributed by atoms with Gasteiger partial charge in [0.2, 0.25) is 0 Å². The molecule has 1 aromatic carbocycles. The molecule has 0 saturated heterocycles. The second-order valence-electron chi connectivity index (χ2n) is 4.06. The molecular weight excluding hydrogens is 176 g/mol. The molecule has 0 fully saturated rings. The van der Waals surface area contributed by atoms with Crippen LogP contribution in [0, 0.1) is 0 Å². The van der Waals surface area contributed by atoms with E-state index in [2.05, 4.69) is 19.1 Å². The van der Waals surface area contributed by atoms with E-state index in [4.69, 9.17) is 5.11 Å². The minimum Gasteiger partial charge on any atom is -0.481 e. The number of carbonyl (C=O) groups is 1. The standard InChI is InChI=1S/C12H14O2/c1-8-6-9(7-12(13)14)11-5-3-2-4-10(8)11/h2-5,8-9H,6-7H2,1H3,(H,13,14)/t8-,9+/m0/s1. The Labute approximate surface area is 83.6 Å². The molecule has 0 aliphatic heterocycles. The van der Waals surface area contributed by atoms with Crippen LogP contribution in [0.5, 0.6) is 0 Å². The summed E-state index contributed by atoms with van der Waals surface area (Å²) in [5, 5.41) is 8.79. The molecule has 0 amide bonds. The van der Waals surface area contributed by atoms with Crippen molar-refractivity contribution in [3.05, 3.63) is 35.4 Å². The van der Waals surface area contributed by atoms with Gasteiger partial charge in [-0.25, -0.2) is 0 Å². The first-order chi connectivity index (χ1) is 6.68. The molecule has 2 heteroatoms. The highest BCUT2D eigenvalue weighted by Crippen LogP contribution is 2.42. The first-order valence-corrected chi connectivity index (χ1v) is 4.99. The fourth-order valence-corrected chi connectivity index (χ4v) is 2.42. The lowest BCUT2D eigenvalue weighted by molar-refractivity contribution is -0.137. The molecule has 0 saturated carbocycles. The van der Waals surface area contributed by atoms with Crippen LogP contribution in [0.25, 0.3) is 0 Å². The zero-order valence-corrected chi connectivity index (χ0v) is 8.23. The van der Waals surface area contributed by atoms with Crippen molar-refractivity contribution in [1.82, 2.24) is 0 Å². The molecule has 1 aliphatic rings. The molecule has 0 radical (unpaired) electrons. The van der Waals surface area contributed by atoms with Crippen molar-refractivity contribution >= 4 is 5.97 Å². The summed E-state index contributed by atoms with van der Waals surface area (Å²) in [6, 6.07) is 8.19. The van der Waals surface area contributed by atoms with E-state index in [0.717, 1.165) is 6.42 Å². The van der Waals surface area contributed by atoms with Crippen LogP contribution in [0.15, 0.2) is 24.3 Å². The van der Waals surface area contributed by atoms with Crippen LogP contribution in [0.4, 0.5) is 0 Å². The van der Waals surface area contributed by atoms with Crippen LogP contribution in [0.2, 0.25) is 0 Å². The smallest absolute Gasteiger partial charge is 0.303 e. The number of fused-ring (bicyclic) bond motifs is 1. The van der Waals surface area contributed by atoms with Crippen molar-refractivity contribution in [2.75, 3.05) is 0 Å². The Morgan fingerprint density at radius 1 is 1.43 bits per heavy atom. The Bertz CT molecular complexity index is 357. The van der Waals surface area contributed by atoms with Gasteiger partial charge in [-0.1, -0.05) is 31.2 Å². The fraction of sp³-hybridized carbons (Fsp3) is 0.417. The average molecular weight is 190 g/mol. The number of hydrogen-bond donors (Lipinski definition) is 1. The number of rotatable bonds is 2. The van der Waals surface area contributed by atoms with Crippen molar-refractivity contribution in [2.45, 2.75) is 31.6 Å². The van der Waals surface area contributed by atoms with Gasteiger partial charge in [0.15, 0.2) is 0 Å². The Balaban J connectivity index is 2.29. The first kappa shape index (κ1) is 9.25. The Morgan fingerprint density at radius 2 is 2.07 bits per heavy atom. The molecule has 0 spiro atoms. The van der Waals surface area contributed by atoms with Gasteiger partial charge in [0, 0.05) is 0 Å². The number of carboxylic acid groups (broad SMARTS) is 1. The van der Waals surface area contributed by atoms with E-state index in [9.17, 15) is 4.79 Å². The third kappa shape index (κ3) is 1.52. The molecule has 14 heavy (non-hydrogen) atoms. The normalized spacial score (nSPS) is 24.6. The van der Waals surface area contributed by atoms with Gasteiger partial charge in [-0.05, 0) is 29.4 Å². The summed E-state index contributed by atoms with van der Waals surface area (Å²) in [5.74, 6) is 0.0353. The summed E-state index contributed by atoms with van der Waals surface area (Å²) >= 11 is 0. The van der Waals surface area contributed by atoms with Crippen molar-refractivity contribution in [1.29, 1.82) is 0 Å². The van der Waals surface area contributed by atoms with Gasteiger partial charge in [-0.3, -0.25) is 4.79 Å². The van der Waals surface area contributed by atoms with Crippen LogP contribution in [0.1, 0.15) is 42.7 Å². The minimum absolute atomic E-state index is 0.221. The maximum atomic E-state index is 10.7. The van der Waals surface area contributed by atoms with Crippen molar-refractivity contribution < 1.29 is 9.90 Å². The molecule has 74 valence electrons. The predicted molar refractivity (Wildman–Crippen MR) is 54.5 cm³/mol. The van der Waals surface area contributed by atoms with E-state index in [1.807, 2.05) is 12.1 Å². The summed E-state index contributed by atoms with van der Waals surface area (Å²) in [6.45, 7) is 2.17. The maximum absolute atomic E-state index is 10.7. The van der Waals surface area contributed by atoms with E-state index >= 15 is 0 Å². The number of benzene rings is 1. The quantitative estimate of drug-likeness (QED) is 0.778. The van der Waals surface area contributed by atoms with Crippen molar-refractivity contribution in [3.8, 4) is 0 Å². The molecule has 0 unspecified atom stereocenters. The van der Waals surface area contributed by atoms with Crippen LogP contribution in [-0.2, 0) is 4.79 Å². The Morgan fingerprint density at radius 3 is 2.71 bits per heavy atom. The molecular formula is C12H14O2. The van der Waals surface area contributed by atoms with Gasteiger partial charge in [-0.2, -0.15) is 0 Å². The molecule has 2 nitrogen and oxygen atoms in total. The molecule has 1 aliphatic carbocycles. The largest absolute Gasteiger partial charge is 0.481 e. The lowest BCUT2D eigenvalue weighted by Crippen LogP contribution is -2.02. The molecule has 0 heterocycles. The highest BCUT2D eigenvalue weighted by molar-refractivity contribution is 5.68. The first-order valence-electron chi connectivity index (χ1n) is 4.99. The number of aliphatic carboxylic acids is 1. The van der Waals surface area contributed by atoms with Gasteiger partial charge >= 0.3 is 5.97 Å². The van der Waals surface area contributed by atoms with Gasteiger partial charge in [0.05, 0.1) is 6.42 Å². The molecule has 1 N–H and O–H groups in total. The summed E-state index contributed by atoms with van der Waals surface area (Å²) in [7, 11) is 0. The summed E-state index contributed by atoms with van der Waals surface area (Å²) in [6.07, 6.45) is 1.24. The van der Waals surface area contributed by atoms with Crippen molar-refractivity contribution in [2.24, 2.45) is 0 Å². The highest BCUT2D eigenvalue weighted by atomic mass is 16.4. The fourth-order valence-electron chi connectivity index (χ4n) is 2.42. The van der Waals surface area contributed by atoms with Gasteiger partial charge < -0.3 is 5.11 Å². The van der Waals surface area contributed by atoms with E-state index in [1.54, 1.807) is 0 Å². The van der Waals surface area contributed by atoms with Crippen LogP contribution < -0.4 is 0 Å². The molecule has 0 aromatic heterocycles. The Hall–Kier alpha value is -1.31. The maximum Gasteiger partial charge on any atom is 0.303 e. The zero-order valence-electron chi connectivity index (χ0n) is 8.23. The minimum atomic E-state index is -0.695. The third-order valence-corrected chi connectivity index (χ3v) is 3.03. The Kier molecular flexibility index (Phi) is 2.28. The number of hydrogen-bond acceptors (Lipinski definition) is 1. The van der Waals surface area contributed by atoms with E-state index in [1.165, 1.54) is 11.1 Å². The second kappa shape index (κ2) is 3.45. The molecule has 0 bridgehead atoms. The average Bonchev–Trinajstić information content (AvgIpc) is 2.44. The van der Waals surface area contributed by atoms with Crippen LogP contribution >= 0.6 is 0 Å². The van der Waals surface area contributed by atoms with E-state index in [0.29, 0.717) is 5.92 Å². The van der Waals surface area contributed by atoms with Crippen LogP contribution in [-0.4, -0.2) is 11.1 Å². The van der Waals surface area contributed by atoms with Crippen molar-refractivity contribution in [3.63, 3.8) is 0 Å². The summed E-state index contributed by atoms with van der Waals surface area (Å²) in [4.78, 5) is 10.7. The third-order valence-electron chi connectivity index (χ3n) is 3.03. The monoisotopic (exact) mass is 190 g/mol. The van der Waals surface area contributed by atoms with Gasteiger partial charge in [-0.15, -0.1) is 0 Å². The van der Waals surface area contributed by atoms with Crippen LogP contribution in [0.3, 0.4) is 0 Å². The van der Waals surface area contributed by atoms with E-state index < -0.39 is 5.97 Å². The molecule has 1 aromatic rings. The SMILES string of the molecule is C[C@H]1C[C@H](CC(=O)O)c2ccccc21. The van der Waals surface area contributed by atoms with Gasteiger partial charge in [0.1, 0.15) is 0 Å². The van der Waals surface area contributed by atoms with E-state index in [-0.39, 0.29) is 12.3 Å². The van der Waals surface area contributed by atoms with Gasteiger partial charge in [0.25, 0.3) is 0 Å². The zero-order chi connectivity index (χ0) is 10.1.